The smallest absolute Gasteiger partial charge is 0.124 e. The Balaban J connectivity index is 1.62. The summed E-state index contributed by atoms with van der Waals surface area (Å²) in [5.41, 5.74) is 3.46. The van der Waals surface area contributed by atoms with Crippen molar-refractivity contribution in [1.29, 1.82) is 0 Å². The highest BCUT2D eigenvalue weighted by Crippen LogP contribution is 2.24. The molecule has 2 aromatic carbocycles. The SMILES string of the molecule is Brc1ccc(OCc2ccccc2)c(CNCc2cccnc2)c1. The molecule has 1 aromatic heterocycles. The van der Waals surface area contributed by atoms with E-state index in [9.17, 15) is 0 Å². The highest BCUT2D eigenvalue weighted by molar-refractivity contribution is 9.10. The number of rotatable bonds is 7. The van der Waals surface area contributed by atoms with Crippen LogP contribution in [-0.2, 0) is 19.7 Å². The van der Waals surface area contributed by atoms with Gasteiger partial charge in [-0.1, -0.05) is 52.3 Å². The van der Waals surface area contributed by atoms with Crippen LogP contribution in [0.5, 0.6) is 5.75 Å². The molecule has 0 spiro atoms. The van der Waals surface area contributed by atoms with Gasteiger partial charge in [0.1, 0.15) is 12.4 Å². The summed E-state index contributed by atoms with van der Waals surface area (Å²) in [6.07, 6.45) is 3.66. The molecular weight excluding hydrogens is 364 g/mol. The molecule has 3 nitrogen and oxygen atoms in total. The highest BCUT2D eigenvalue weighted by Gasteiger charge is 2.05. The molecule has 0 aliphatic rings. The lowest BCUT2D eigenvalue weighted by Crippen LogP contribution is -2.13. The maximum absolute atomic E-state index is 6.01. The van der Waals surface area contributed by atoms with E-state index in [1.165, 1.54) is 5.56 Å². The van der Waals surface area contributed by atoms with Crippen LogP contribution in [0.2, 0.25) is 0 Å². The molecule has 0 atom stereocenters. The molecule has 0 bridgehead atoms. The van der Waals surface area contributed by atoms with Gasteiger partial charge in [-0.2, -0.15) is 0 Å². The van der Waals surface area contributed by atoms with Crippen LogP contribution in [0.25, 0.3) is 0 Å². The zero-order valence-electron chi connectivity index (χ0n) is 13.3. The number of nitrogens with zero attached hydrogens (tertiary/aromatic N) is 1. The van der Waals surface area contributed by atoms with Crippen LogP contribution in [-0.4, -0.2) is 4.98 Å². The van der Waals surface area contributed by atoms with Crippen molar-refractivity contribution in [2.24, 2.45) is 0 Å². The van der Waals surface area contributed by atoms with E-state index in [-0.39, 0.29) is 0 Å². The summed E-state index contributed by atoms with van der Waals surface area (Å²) < 4.78 is 7.06. The minimum Gasteiger partial charge on any atom is -0.489 e. The van der Waals surface area contributed by atoms with E-state index in [2.05, 4.69) is 50.5 Å². The molecule has 0 saturated heterocycles. The third-order valence-electron chi connectivity index (χ3n) is 3.63. The second-order valence-corrected chi connectivity index (χ2v) is 6.41. The fourth-order valence-corrected chi connectivity index (χ4v) is 2.81. The van der Waals surface area contributed by atoms with Crippen LogP contribution in [0, 0.1) is 0 Å². The van der Waals surface area contributed by atoms with Gasteiger partial charge in [0.25, 0.3) is 0 Å². The Kier molecular flexibility index (Phi) is 5.99. The van der Waals surface area contributed by atoms with E-state index >= 15 is 0 Å². The molecule has 0 unspecified atom stereocenters. The summed E-state index contributed by atoms with van der Waals surface area (Å²) in [5, 5.41) is 3.44. The van der Waals surface area contributed by atoms with Crippen molar-refractivity contribution in [3.63, 3.8) is 0 Å². The molecule has 3 aromatic rings. The highest BCUT2D eigenvalue weighted by atomic mass is 79.9. The van der Waals surface area contributed by atoms with E-state index in [4.69, 9.17) is 4.74 Å². The lowest BCUT2D eigenvalue weighted by Gasteiger charge is -2.13. The Morgan fingerprint density at radius 2 is 1.75 bits per heavy atom. The number of nitrogens with one attached hydrogen (secondary N) is 1. The third-order valence-corrected chi connectivity index (χ3v) is 4.12. The lowest BCUT2D eigenvalue weighted by atomic mass is 10.2. The van der Waals surface area contributed by atoms with Gasteiger partial charge in [-0.15, -0.1) is 0 Å². The molecule has 0 aliphatic carbocycles. The molecule has 0 saturated carbocycles. The van der Waals surface area contributed by atoms with Crippen molar-refractivity contribution in [2.45, 2.75) is 19.7 Å². The minimum absolute atomic E-state index is 0.568. The van der Waals surface area contributed by atoms with Gasteiger partial charge in [0.15, 0.2) is 0 Å². The molecule has 0 fully saturated rings. The van der Waals surface area contributed by atoms with Crippen LogP contribution in [0.15, 0.2) is 77.5 Å². The van der Waals surface area contributed by atoms with Crippen molar-refractivity contribution >= 4 is 15.9 Å². The van der Waals surface area contributed by atoms with Crippen molar-refractivity contribution < 1.29 is 4.74 Å². The number of benzene rings is 2. The van der Waals surface area contributed by atoms with Gasteiger partial charge in [-0.3, -0.25) is 4.98 Å². The van der Waals surface area contributed by atoms with Crippen molar-refractivity contribution in [2.75, 3.05) is 0 Å². The predicted octanol–water partition coefficient (Wildman–Crippen LogP) is 4.71. The Hall–Kier alpha value is -2.17. The van der Waals surface area contributed by atoms with Gasteiger partial charge >= 0.3 is 0 Å². The van der Waals surface area contributed by atoms with Gasteiger partial charge in [0.2, 0.25) is 0 Å². The molecule has 0 radical (unpaired) electrons. The summed E-state index contributed by atoms with van der Waals surface area (Å²) in [5.74, 6) is 0.903. The molecule has 0 aliphatic heterocycles. The van der Waals surface area contributed by atoms with Crippen molar-refractivity contribution in [3.8, 4) is 5.75 Å². The maximum Gasteiger partial charge on any atom is 0.124 e. The zero-order valence-corrected chi connectivity index (χ0v) is 14.9. The number of aromatic nitrogens is 1. The molecule has 3 rings (SSSR count). The fraction of sp³-hybridized carbons (Fsp3) is 0.150. The third kappa shape index (κ3) is 4.91. The molecule has 0 amide bonds. The predicted molar refractivity (Wildman–Crippen MR) is 99.7 cm³/mol. The first kappa shape index (κ1) is 16.7. The Bertz CT molecular complexity index is 763. The molecule has 122 valence electrons. The average molecular weight is 383 g/mol. The van der Waals surface area contributed by atoms with Crippen LogP contribution in [0.3, 0.4) is 0 Å². The van der Waals surface area contributed by atoms with Gasteiger partial charge < -0.3 is 10.1 Å². The Morgan fingerprint density at radius 1 is 0.917 bits per heavy atom. The first-order valence-electron chi connectivity index (χ1n) is 7.86. The standard InChI is InChI=1S/C20H19BrN2O/c21-19-8-9-20(24-15-16-5-2-1-3-6-16)18(11-19)14-23-13-17-7-4-10-22-12-17/h1-12,23H,13-15H2. The summed E-state index contributed by atoms with van der Waals surface area (Å²) in [6.45, 7) is 2.08. The number of pyridine rings is 1. The first-order chi connectivity index (χ1) is 11.8. The number of hydrogen-bond donors (Lipinski definition) is 1. The van der Waals surface area contributed by atoms with E-state index in [0.717, 1.165) is 34.4 Å². The quantitative estimate of drug-likeness (QED) is 0.642. The Morgan fingerprint density at radius 3 is 2.54 bits per heavy atom. The number of halogens is 1. The fourth-order valence-electron chi connectivity index (χ4n) is 2.41. The normalized spacial score (nSPS) is 10.5. The molecular formula is C20H19BrN2O. The minimum atomic E-state index is 0.568. The van der Waals surface area contributed by atoms with Crippen LogP contribution in [0.4, 0.5) is 0 Å². The molecule has 1 N–H and O–H groups in total. The largest absolute Gasteiger partial charge is 0.489 e. The second-order valence-electron chi connectivity index (χ2n) is 5.49. The van der Waals surface area contributed by atoms with E-state index in [1.54, 1.807) is 6.20 Å². The first-order valence-corrected chi connectivity index (χ1v) is 8.65. The van der Waals surface area contributed by atoms with Crippen LogP contribution >= 0.6 is 15.9 Å². The van der Waals surface area contributed by atoms with Crippen LogP contribution < -0.4 is 10.1 Å². The topological polar surface area (TPSA) is 34.1 Å². The molecule has 1 heterocycles. The van der Waals surface area contributed by atoms with Crippen molar-refractivity contribution in [1.82, 2.24) is 10.3 Å². The number of hydrogen-bond acceptors (Lipinski definition) is 3. The van der Waals surface area contributed by atoms with E-state index < -0.39 is 0 Å². The maximum atomic E-state index is 6.01. The zero-order chi connectivity index (χ0) is 16.6. The molecule has 24 heavy (non-hydrogen) atoms. The van der Waals surface area contributed by atoms with Crippen molar-refractivity contribution in [3.05, 3.63) is 94.2 Å². The summed E-state index contributed by atoms with van der Waals surface area (Å²) in [6, 6.07) is 20.3. The summed E-state index contributed by atoms with van der Waals surface area (Å²) in [7, 11) is 0. The van der Waals surface area contributed by atoms with Gasteiger partial charge in [-0.25, -0.2) is 0 Å². The Labute approximate surface area is 150 Å². The van der Waals surface area contributed by atoms with Gasteiger partial charge in [0, 0.05) is 35.5 Å². The molecule has 4 heteroatoms. The van der Waals surface area contributed by atoms with Gasteiger partial charge in [0.05, 0.1) is 0 Å². The second kappa shape index (κ2) is 8.62. The lowest BCUT2D eigenvalue weighted by molar-refractivity contribution is 0.302. The monoisotopic (exact) mass is 382 g/mol. The van der Waals surface area contributed by atoms with Crippen LogP contribution in [0.1, 0.15) is 16.7 Å². The average Bonchev–Trinajstić information content (AvgIpc) is 2.63. The summed E-state index contributed by atoms with van der Waals surface area (Å²) in [4.78, 5) is 4.13. The summed E-state index contributed by atoms with van der Waals surface area (Å²) >= 11 is 3.54. The number of ether oxygens (including phenoxy) is 1. The van der Waals surface area contributed by atoms with Gasteiger partial charge in [-0.05, 0) is 35.4 Å². The van der Waals surface area contributed by atoms with E-state index in [0.29, 0.717) is 6.61 Å². The van der Waals surface area contributed by atoms with E-state index in [1.807, 2.05) is 42.6 Å².